The second kappa shape index (κ2) is 4.56. The predicted molar refractivity (Wildman–Crippen MR) is 62.6 cm³/mol. The number of phenols is 1. The Labute approximate surface area is 95.7 Å². The van der Waals surface area contributed by atoms with E-state index < -0.39 is 11.4 Å². The largest absolute Gasteiger partial charge is 0.507 e. The lowest BCUT2D eigenvalue weighted by atomic mass is 9.85. The van der Waals surface area contributed by atoms with Crippen molar-refractivity contribution in [3.05, 3.63) is 29.3 Å². The van der Waals surface area contributed by atoms with Crippen molar-refractivity contribution in [2.75, 3.05) is 0 Å². The summed E-state index contributed by atoms with van der Waals surface area (Å²) in [4.78, 5) is 11.0. The quantitative estimate of drug-likeness (QED) is 0.823. The first kappa shape index (κ1) is 12.6. The van der Waals surface area contributed by atoms with Gasteiger partial charge in [-0.25, -0.2) is 0 Å². The Morgan fingerprint density at radius 1 is 1.31 bits per heavy atom. The summed E-state index contributed by atoms with van der Waals surface area (Å²) in [6.45, 7) is 5.28. The van der Waals surface area contributed by atoms with E-state index in [2.05, 4.69) is 0 Å². The van der Waals surface area contributed by atoms with Gasteiger partial charge >= 0.3 is 5.97 Å². The summed E-state index contributed by atoms with van der Waals surface area (Å²) < 4.78 is 0. The Hall–Kier alpha value is -1.51. The van der Waals surface area contributed by atoms with Crippen molar-refractivity contribution in [1.82, 2.24) is 0 Å². The molecule has 0 spiro atoms. The molecule has 0 aliphatic carbocycles. The average molecular weight is 222 g/mol. The van der Waals surface area contributed by atoms with E-state index in [0.717, 1.165) is 12.0 Å². The van der Waals surface area contributed by atoms with Crippen LogP contribution in [0.4, 0.5) is 0 Å². The van der Waals surface area contributed by atoms with Gasteiger partial charge in [0.15, 0.2) is 0 Å². The van der Waals surface area contributed by atoms with Gasteiger partial charge in [-0.05, 0) is 37.8 Å². The number of rotatable bonds is 4. The molecule has 0 aliphatic rings. The minimum absolute atomic E-state index is 0.235. The molecule has 0 radical (unpaired) electrons. The zero-order valence-electron chi connectivity index (χ0n) is 9.95. The van der Waals surface area contributed by atoms with E-state index in [0.29, 0.717) is 12.0 Å². The molecule has 1 aromatic rings. The first-order chi connectivity index (χ1) is 7.38. The Kier molecular flexibility index (Phi) is 3.58. The lowest BCUT2D eigenvalue weighted by Crippen LogP contribution is -2.26. The molecular weight excluding hydrogens is 204 g/mol. The minimum atomic E-state index is -0.857. The third kappa shape index (κ3) is 2.54. The van der Waals surface area contributed by atoms with E-state index in [1.54, 1.807) is 19.9 Å². The van der Waals surface area contributed by atoms with Crippen molar-refractivity contribution in [2.45, 2.75) is 33.6 Å². The standard InChI is InChI=1S/C13H18O3/c1-4-9-6-5-7-10(11(9)14)8-13(2,3)12(15)16/h5-7,14H,4,8H2,1-3H3,(H,15,16). The number of carboxylic acid groups (broad SMARTS) is 1. The summed E-state index contributed by atoms with van der Waals surface area (Å²) in [5, 5.41) is 19.0. The Morgan fingerprint density at radius 2 is 1.88 bits per heavy atom. The summed E-state index contributed by atoms with van der Waals surface area (Å²) in [5.41, 5.74) is 0.703. The van der Waals surface area contributed by atoms with Crippen LogP contribution in [0.1, 0.15) is 31.9 Å². The van der Waals surface area contributed by atoms with Gasteiger partial charge in [-0.1, -0.05) is 25.1 Å². The van der Waals surface area contributed by atoms with Gasteiger partial charge in [0.2, 0.25) is 0 Å². The molecule has 2 N–H and O–H groups in total. The van der Waals surface area contributed by atoms with Crippen molar-refractivity contribution in [3.8, 4) is 5.75 Å². The monoisotopic (exact) mass is 222 g/mol. The number of phenolic OH excluding ortho intramolecular Hbond substituents is 1. The van der Waals surface area contributed by atoms with E-state index in [9.17, 15) is 9.90 Å². The van der Waals surface area contributed by atoms with Crippen LogP contribution in [0.5, 0.6) is 5.75 Å². The van der Waals surface area contributed by atoms with Crippen molar-refractivity contribution in [1.29, 1.82) is 0 Å². The molecule has 0 heterocycles. The van der Waals surface area contributed by atoms with Crippen molar-refractivity contribution < 1.29 is 15.0 Å². The number of aryl methyl sites for hydroxylation is 1. The van der Waals surface area contributed by atoms with Crippen LogP contribution in [0, 0.1) is 5.41 Å². The fourth-order valence-electron chi connectivity index (χ4n) is 1.62. The highest BCUT2D eigenvalue weighted by Crippen LogP contribution is 2.30. The number of aromatic hydroxyl groups is 1. The zero-order valence-corrected chi connectivity index (χ0v) is 9.95. The first-order valence-electron chi connectivity index (χ1n) is 5.41. The number of para-hydroxylation sites is 1. The molecule has 0 saturated heterocycles. The second-order valence-corrected chi connectivity index (χ2v) is 4.64. The molecule has 0 fully saturated rings. The van der Waals surface area contributed by atoms with Crippen LogP contribution in [0.2, 0.25) is 0 Å². The van der Waals surface area contributed by atoms with Crippen LogP contribution in [-0.4, -0.2) is 16.2 Å². The van der Waals surface area contributed by atoms with Crippen LogP contribution >= 0.6 is 0 Å². The van der Waals surface area contributed by atoms with Crippen molar-refractivity contribution in [3.63, 3.8) is 0 Å². The molecule has 0 bridgehead atoms. The number of hydrogen-bond acceptors (Lipinski definition) is 2. The maximum atomic E-state index is 11.0. The summed E-state index contributed by atoms with van der Waals surface area (Å²) in [7, 11) is 0. The molecule has 1 rings (SSSR count). The molecule has 88 valence electrons. The van der Waals surface area contributed by atoms with Crippen LogP contribution < -0.4 is 0 Å². The molecule has 0 aromatic heterocycles. The molecule has 3 heteroatoms. The number of benzene rings is 1. The van der Waals surface area contributed by atoms with Gasteiger partial charge in [0.1, 0.15) is 5.75 Å². The number of carbonyl (C=O) groups is 1. The third-order valence-corrected chi connectivity index (χ3v) is 2.80. The van der Waals surface area contributed by atoms with Gasteiger partial charge in [-0.15, -0.1) is 0 Å². The summed E-state index contributed by atoms with van der Waals surface area (Å²) in [5.74, 6) is -0.617. The highest BCUT2D eigenvalue weighted by Gasteiger charge is 2.28. The minimum Gasteiger partial charge on any atom is -0.507 e. The van der Waals surface area contributed by atoms with Gasteiger partial charge in [-0.2, -0.15) is 0 Å². The maximum Gasteiger partial charge on any atom is 0.309 e. The van der Waals surface area contributed by atoms with E-state index in [1.807, 2.05) is 19.1 Å². The van der Waals surface area contributed by atoms with Gasteiger partial charge in [0, 0.05) is 0 Å². The van der Waals surface area contributed by atoms with Gasteiger partial charge in [0.05, 0.1) is 5.41 Å². The molecule has 0 saturated carbocycles. The summed E-state index contributed by atoms with van der Waals surface area (Å²) >= 11 is 0. The van der Waals surface area contributed by atoms with Gasteiger partial charge in [0.25, 0.3) is 0 Å². The highest BCUT2D eigenvalue weighted by atomic mass is 16.4. The van der Waals surface area contributed by atoms with E-state index in [-0.39, 0.29) is 5.75 Å². The molecule has 1 aromatic carbocycles. The lowest BCUT2D eigenvalue weighted by molar-refractivity contribution is -0.146. The molecular formula is C13H18O3. The van der Waals surface area contributed by atoms with Crippen LogP contribution in [-0.2, 0) is 17.6 Å². The van der Waals surface area contributed by atoms with E-state index >= 15 is 0 Å². The van der Waals surface area contributed by atoms with Crippen LogP contribution in [0.3, 0.4) is 0 Å². The molecule has 0 unspecified atom stereocenters. The SMILES string of the molecule is CCc1cccc(CC(C)(C)C(=O)O)c1O. The van der Waals surface area contributed by atoms with Gasteiger partial charge < -0.3 is 10.2 Å². The second-order valence-electron chi connectivity index (χ2n) is 4.64. The normalized spacial score (nSPS) is 11.4. The van der Waals surface area contributed by atoms with Crippen molar-refractivity contribution in [2.24, 2.45) is 5.41 Å². The highest BCUT2D eigenvalue weighted by molar-refractivity contribution is 5.74. The topological polar surface area (TPSA) is 57.5 Å². The van der Waals surface area contributed by atoms with Crippen molar-refractivity contribution >= 4 is 5.97 Å². The third-order valence-electron chi connectivity index (χ3n) is 2.80. The van der Waals surface area contributed by atoms with E-state index in [1.165, 1.54) is 0 Å². The molecule has 16 heavy (non-hydrogen) atoms. The number of aliphatic carboxylic acids is 1. The summed E-state index contributed by atoms with van der Waals surface area (Å²) in [6, 6.07) is 5.48. The molecule has 0 amide bonds. The molecule has 0 aliphatic heterocycles. The fraction of sp³-hybridized carbons (Fsp3) is 0.462. The zero-order chi connectivity index (χ0) is 12.3. The van der Waals surface area contributed by atoms with Crippen LogP contribution in [0.15, 0.2) is 18.2 Å². The average Bonchev–Trinajstić information content (AvgIpc) is 2.20. The Morgan fingerprint density at radius 3 is 2.38 bits per heavy atom. The number of hydrogen-bond donors (Lipinski definition) is 2. The molecule has 3 nitrogen and oxygen atoms in total. The first-order valence-corrected chi connectivity index (χ1v) is 5.41. The van der Waals surface area contributed by atoms with E-state index in [4.69, 9.17) is 5.11 Å². The smallest absolute Gasteiger partial charge is 0.309 e. The predicted octanol–water partition coefficient (Wildman–Crippen LogP) is 2.61. The van der Waals surface area contributed by atoms with Crippen LogP contribution in [0.25, 0.3) is 0 Å². The number of carboxylic acids is 1. The van der Waals surface area contributed by atoms with Gasteiger partial charge in [-0.3, -0.25) is 4.79 Å². The fourth-order valence-corrected chi connectivity index (χ4v) is 1.62. The molecule has 0 atom stereocenters. The Bertz CT molecular complexity index is 394. The summed E-state index contributed by atoms with van der Waals surface area (Å²) in [6.07, 6.45) is 1.08. The lowest BCUT2D eigenvalue weighted by Gasteiger charge is -2.20. The Balaban J connectivity index is 3.02. The maximum absolute atomic E-state index is 11.0.